The van der Waals surface area contributed by atoms with Crippen molar-refractivity contribution in [2.75, 3.05) is 47.7 Å². The van der Waals surface area contributed by atoms with Crippen LogP contribution in [0.4, 0.5) is 0 Å². The van der Waals surface area contributed by atoms with Gasteiger partial charge < -0.3 is 24.8 Å². The molecule has 1 aliphatic carbocycles. The molecule has 1 aromatic carbocycles. The van der Waals surface area contributed by atoms with Gasteiger partial charge in [-0.2, -0.15) is 0 Å². The van der Waals surface area contributed by atoms with Gasteiger partial charge in [-0.3, -0.25) is 10.2 Å². The molecule has 1 aliphatic rings. The van der Waals surface area contributed by atoms with Gasteiger partial charge in [0.25, 0.3) is 0 Å². The molecule has 1 fully saturated rings. The molecule has 7 nitrogen and oxygen atoms in total. The van der Waals surface area contributed by atoms with Gasteiger partial charge >= 0.3 is 0 Å². The number of benzene rings is 1. The van der Waals surface area contributed by atoms with Crippen molar-refractivity contribution in [3.8, 4) is 0 Å². The van der Waals surface area contributed by atoms with Crippen LogP contribution in [-0.4, -0.2) is 70.4 Å². The maximum atomic E-state index is 12.7. The molecule has 2 rings (SSSR count). The molecule has 3 N–H and O–H groups in total. The molecule has 170 valence electrons. The van der Waals surface area contributed by atoms with Crippen LogP contribution in [0.25, 0.3) is 0 Å². The van der Waals surface area contributed by atoms with Crippen molar-refractivity contribution in [1.82, 2.24) is 4.90 Å². The second-order valence-corrected chi connectivity index (χ2v) is 7.51. The van der Waals surface area contributed by atoms with Crippen LogP contribution in [0, 0.1) is 5.41 Å². The smallest absolute Gasteiger partial charge is 0.225 e. The molecule has 0 bridgehead atoms. The first-order valence-electron chi connectivity index (χ1n) is 10.7. The maximum absolute atomic E-state index is 12.7. The Balaban J connectivity index is 0.00000141. The van der Waals surface area contributed by atoms with E-state index < -0.39 is 0 Å². The molecule has 0 spiro atoms. The minimum absolute atomic E-state index is 0.0715. The summed E-state index contributed by atoms with van der Waals surface area (Å²) in [6, 6.07) is 7.98. The zero-order chi connectivity index (χ0) is 22.2. The van der Waals surface area contributed by atoms with E-state index in [1.807, 2.05) is 29.2 Å². The molecule has 0 heterocycles. The second kappa shape index (κ2) is 15.8. The van der Waals surface area contributed by atoms with Crippen LogP contribution in [0.2, 0.25) is 0 Å². The van der Waals surface area contributed by atoms with E-state index in [-0.39, 0.29) is 11.7 Å². The molecule has 1 saturated carbocycles. The van der Waals surface area contributed by atoms with Crippen LogP contribution < -0.4 is 5.73 Å². The van der Waals surface area contributed by atoms with Crippen molar-refractivity contribution in [1.29, 1.82) is 5.41 Å². The SMILES string of the molecule is COC.COCCN(C(=O)CCOCCc1cccc(C(=N)N)c1)C1CCCCC1. The van der Waals surface area contributed by atoms with Crippen LogP contribution in [0.5, 0.6) is 0 Å². The molecule has 0 atom stereocenters. The normalized spacial score (nSPS) is 14.0. The average Bonchev–Trinajstić information content (AvgIpc) is 2.75. The van der Waals surface area contributed by atoms with Crippen LogP contribution in [-0.2, 0) is 25.4 Å². The fourth-order valence-electron chi connectivity index (χ4n) is 3.58. The van der Waals surface area contributed by atoms with Gasteiger partial charge in [-0.25, -0.2) is 0 Å². The Morgan fingerprint density at radius 1 is 1.13 bits per heavy atom. The van der Waals surface area contributed by atoms with E-state index in [2.05, 4.69) is 4.74 Å². The predicted molar refractivity (Wildman–Crippen MR) is 120 cm³/mol. The third-order valence-corrected chi connectivity index (χ3v) is 5.11. The Hall–Kier alpha value is -1.96. The minimum Gasteiger partial charge on any atom is -0.388 e. The van der Waals surface area contributed by atoms with Crippen LogP contribution in [0.1, 0.15) is 49.7 Å². The number of carbonyl (C=O) groups excluding carboxylic acids is 1. The summed E-state index contributed by atoms with van der Waals surface area (Å²) in [6.07, 6.45) is 7.04. The number of hydrogen-bond acceptors (Lipinski definition) is 5. The number of nitrogens with zero attached hydrogens (tertiary/aromatic N) is 1. The Morgan fingerprint density at radius 3 is 2.47 bits per heavy atom. The molecule has 0 unspecified atom stereocenters. The van der Waals surface area contributed by atoms with Crippen molar-refractivity contribution >= 4 is 11.7 Å². The number of carbonyl (C=O) groups is 1. The van der Waals surface area contributed by atoms with Gasteiger partial charge in [0.1, 0.15) is 5.84 Å². The highest BCUT2D eigenvalue weighted by Gasteiger charge is 2.24. The predicted octanol–water partition coefficient (Wildman–Crippen LogP) is 2.99. The first-order valence-corrected chi connectivity index (χ1v) is 10.7. The number of nitrogens with one attached hydrogen (secondary N) is 1. The average molecular weight is 422 g/mol. The van der Waals surface area contributed by atoms with E-state index in [4.69, 9.17) is 20.6 Å². The summed E-state index contributed by atoms with van der Waals surface area (Å²) >= 11 is 0. The fourth-order valence-corrected chi connectivity index (χ4v) is 3.58. The van der Waals surface area contributed by atoms with Crippen molar-refractivity contribution in [3.05, 3.63) is 35.4 Å². The molecule has 1 aromatic rings. The molecule has 0 radical (unpaired) electrons. The number of nitrogens with two attached hydrogens (primary N) is 1. The summed E-state index contributed by atoms with van der Waals surface area (Å²) in [5, 5.41) is 7.49. The van der Waals surface area contributed by atoms with E-state index in [9.17, 15) is 4.79 Å². The van der Waals surface area contributed by atoms with Crippen molar-refractivity contribution in [2.24, 2.45) is 5.73 Å². The number of rotatable bonds is 11. The number of ether oxygens (including phenoxy) is 3. The third-order valence-electron chi connectivity index (χ3n) is 5.11. The zero-order valence-corrected chi connectivity index (χ0v) is 18.8. The van der Waals surface area contributed by atoms with Crippen molar-refractivity contribution < 1.29 is 19.0 Å². The second-order valence-electron chi connectivity index (χ2n) is 7.51. The molecule has 0 saturated heterocycles. The molecule has 7 heteroatoms. The van der Waals surface area contributed by atoms with Gasteiger partial charge in [0.15, 0.2) is 0 Å². The summed E-state index contributed by atoms with van der Waals surface area (Å²) in [4.78, 5) is 14.7. The highest BCUT2D eigenvalue weighted by molar-refractivity contribution is 5.95. The Morgan fingerprint density at radius 2 is 1.83 bits per heavy atom. The molecular formula is C23H39N3O4. The Labute approximate surface area is 181 Å². The van der Waals surface area contributed by atoms with E-state index in [1.54, 1.807) is 21.3 Å². The molecule has 1 amide bonds. The van der Waals surface area contributed by atoms with Crippen LogP contribution >= 0.6 is 0 Å². The van der Waals surface area contributed by atoms with Gasteiger partial charge in [-0.15, -0.1) is 0 Å². The maximum Gasteiger partial charge on any atom is 0.225 e. The zero-order valence-electron chi connectivity index (χ0n) is 18.8. The van der Waals surface area contributed by atoms with Gasteiger partial charge in [-0.05, 0) is 30.9 Å². The van der Waals surface area contributed by atoms with E-state index in [1.165, 1.54) is 19.3 Å². The largest absolute Gasteiger partial charge is 0.388 e. The lowest BCUT2D eigenvalue weighted by molar-refractivity contribution is -0.136. The number of hydrogen-bond donors (Lipinski definition) is 2. The minimum atomic E-state index is 0.0715. The van der Waals surface area contributed by atoms with Gasteiger partial charge in [0.2, 0.25) is 5.91 Å². The lowest BCUT2D eigenvalue weighted by Crippen LogP contribution is -2.43. The highest BCUT2D eigenvalue weighted by Crippen LogP contribution is 2.23. The number of methoxy groups -OCH3 is 2. The molecule has 0 aromatic heterocycles. The first kappa shape index (κ1) is 26.1. The summed E-state index contributed by atoms with van der Waals surface area (Å²) in [6.45, 7) is 2.23. The molecule has 0 aliphatic heterocycles. The molecular weight excluding hydrogens is 382 g/mol. The molecule has 30 heavy (non-hydrogen) atoms. The van der Waals surface area contributed by atoms with Gasteiger partial charge in [0.05, 0.1) is 26.2 Å². The quantitative estimate of drug-likeness (QED) is 0.325. The standard InChI is InChI=1S/C21H33N3O3.C2H6O/c1-26-15-12-24(19-8-3-2-4-9-19)20(25)11-14-27-13-10-17-6-5-7-18(16-17)21(22)23;1-3-2/h5-7,16,19H,2-4,8-15H2,1H3,(H3,22,23);1-2H3. The number of nitrogen functional groups attached to an aromatic ring is 1. The highest BCUT2D eigenvalue weighted by atomic mass is 16.5. The van der Waals surface area contributed by atoms with E-state index in [0.717, 1.165) is 30.4 Å². The summed E-state index contributed by atoms with van der Waals surface area (Å²) in [5.74, 6) is 0.236. The topological polar surface area (TPSA) is 97.9 Å². The number of amidine groups is 1. The summed E-state index contributed by atoms with van der Waals surface area (Å²) < 4.78 is 15.1. The monoisotopic (exact) mass is 421 g/mol. The van der Waals surface area contributed by atoms with E-state index >= 15 is 0 Å². The lowest BCUT2D eigenvalue weighted by Gasteiger charge is -2.34. The van der Waals surface area contributed by atoms with E-state index in [0.29, 0.717) is 38.8 Å². The lowest BCUT2D eigenvalue weighted by atomic mass is 9.94. The van der Waals surface area contributed by atoms with Gasteiger partial charge in [0, 0.05) is 39.5 Å². The van der Waals surface area contributed by atoms with Crippen molar-refractivity contribution in [2.45, 2.75) is 51.0 Å². The van der Waals surface area contributed by atoms with Crippen molar-refractivity contribution in [3.63, 3.8) is 0 Å². The Kier molecular flexibility index (Phi) is 13.8. The fraction of sp³-hybridized carbons (Fsp3) is 0.652. The van der Waals surface area contributed by atoms with Gasteiger partial charge in [-0.1, -0.05) is 37.5 Å². The summed E-state index contributed by atoms with van der Waals surface area (Å²) in [7, 11) is 4.92. The first-order chi connectivity index (χ1) is 14.5. The summed E-state index contributed by atoms with van der Waals surface area (Å²) in [5.41, 5.74) is 7.33. The Bertz CT molecular complexity index is 618. The van der Waals surface area contributed by atoms with Crippen LogP contribution in [0.15, 0.2) is 24.3 Å². The third kappa shape index (κ3) is 10.2. The van der Waals surface area contributed by atoms with Crippen LogP contribution in [0.3, 0.4) is 0 Å². The number of amides is 1.